The summed E-state index contributed by atoms with van der Waals surface area (Å²) in [6.45, 7) is 13.6. The zero-order valence-corrected chi connectivity index (χ0v) is 46.8. The molecule has 18 nitrogen and oxygen atoms in total. The number of ether oxygens (including phenoxy) is 2. The van der Waals surface area contributed by atoms with Crippen molar-refractivity contribution in [2.24, 2.45) is 18.9 Å². The van der Waals surface area contributed by atoms with Crippen LogP contribution in [0.1, 0.15) is 98.7 Å². The molecule has 0 radical (unpaired) electrons. The first-order valence-corrected chi connectivity index (χ1v) is 29.5. The Balaban J connectivity index is 0.904. The number of nitrogens with zero attached hydrogens (tertiary/aromatic N) is 8. The molecule has 2 saturated heterocycles. The highest BCUT2D eigenvalue weighted by Crippen LogP contribution is 2.41. The molecule has 0 spiro atoms. The molecule has 0 bridgehead atoms. The number of rotatable bonds is 23. The second-order valence-corrected chi connectivity index (χ2v) is 23.5. The predicted octanol–water partition coefficient (Wildman–Crippen LogP) is 8.20. The molecule has 3 aliphatic heterocycles. The van der Waals surface area contributed by atoms with Gasteiger partial charge in [-0.15, -0.1) is 22.0 Å². The van der Waals surface area contributed by atoms with Gasteiger partial charge in [0.25, 0.3) is 5.91 Å². The Labute approximate surface area is 457 Å². The van der Waals surface area contributed by atoms with Gasteiger partial charge in [-0.05, 0) is 139 Å². The van der Waals surface area contributed by atoms with Crippen molar-refractivity contribution in [1.82, 2.24) is 40.3 Å². The van der Waals surface area contributed by atoms with E-state index in [0.29, 0.717) is 67.0 Å². The molecule has 0 aliphatic carbocycles. The summed E-state index contributed by atoms with van der Waals surface area (Å²) < 4.78 is 13.7. The Morgan fingerprint density at radius 2 is 1.80 bits per heavy atom. The Bertz CT molecular complexity index is 2850. The Morgan fingerprint density at radius 1 is 1.00 bits per heavy atom. The lowest BCUT2D eigenvalue weighted by Gasteiger charge is -2.42. The first kappa shape index (κ1) is 56.2. The number of likely N-dealkylation sites (tertiary alicyclic amines) is 1. The first-order valence-electron chi connectivity index (χ1n) is 25.9. The van der Waals surface area contributed by atoms with Gasteiger partial charge in [0.15, 0.2) is 0 Å². The summed E-state index contributed by atoms with van der Waals surface area (Å²) in [7, 11) is 5.07. The number of carbonyl (C=O) groups excluding carboxylic acids is 5. The van der Waals surface area contributed by atoms with E-state index in [-0.39, 0.29) is 37.3 Å². The fourth-order valence-electron chi connectivity index (χ4n) is 9.63. The molecule has 21 heteroatoms. The summed E-state index contributed by atoms with van der Waals surface area (Å²) in [5, 5.41) is 17.8. The number of anilines is 3. The van der Waals surface area contributed by atoms with Crippen LogP contribution in [-0.4, -0.2) is 116 Å². The molecule has 3 aliphatic rings. The Hall–Kier alpha value is -6.00. The van der Waals surface area contributed by atoms with E-state index in [0.717, 1.165) is 57.8 Å². The molecule has 0 saturated carbocycles. The van der Waals surface area contributed by atoms with Crippen molar-refractivity contribution in [3.05, 3.63) is 113 Å². The molecule has 5 amide bonds. The summed E-state index contributed by atoms with van der Waals surface area (Å²) in [4.78, 5) is 84.2. The minimum Gasteiger partial charge on any atom is -0.444 e. The highest BCUT2D eigenvalue weighted by atomic mass is 33.1. The van der Waals surface area contributed by atoms with E-state index in [1.807, 2.05) is 69.0 Å². The van der Waals surface area contributed by atoms with E-state index in [4.69, 9.17) is 14.5 Å². The van der Waals surface area contributed by atoms with Gasteiger partial charge in [-0.2, -0.15) is 0 Å². The van der Waals surface area contributed by atoms with Crippen molar-refractivity contribution in [2.75, 3.05) is 60.0 Å². The van der Waals surface area contributed by atoms with E-state index in [2.05, 4.69) is 55.1 Å². The predicted molar refractivity (Wildman–Crippen MR) is 298 cm³/mol. The van der Waals surface area contributed by atoms with Crippen LogP contribution in [0.3, 0.4) is 0 Å². The molecule has 2 fully saturated rings. The van der Waals surface area contributed by atoms with E-state index in [1.54, 1.807) is 82.0 Å². The number of piperidine rings is 1. The van der Waals surface area contributed by atoms with Crippen LogP contribution >= 0.6 is 33.3 Å². The zero-order chi connectivity index (χ0) is 53.9. The van der Waals surface area contributed by atoms with Crippen LogP contribution in [0.25, 0.3) is 0 Å². The molecule has 0 unspecified atom stereocenters. The number of nitrogens with one attached hydrogen (secondary N) is 3. The van der Waals surface area contributed by atoms with Crippen molar-refractivity contribution >= 4 is 80.4 Å². The zero-order valence-electron chi connectivity index (χ0n) is 44.4. The number of thioether (sulfide) groups is 1. The number of pyridine rings is 2. The van der Waals surface area contributed by atoms with Gasteiger partial charge in [0.05, 0.1) is 19.8 Å². The summed E-state index contributed by atoms with van der Waals surface area (Å²) in [5.74, 6) is 1.43. The van der Waals surface area contributed by atoms with Crippen LogP contribution in [-0.2, 0) is 62.4 Å². The fraction of sp³-hybridized carbons (Fsp3) is 0.473. The Kier molecular flexibility index (Phi) is 19.2. The highest BCUT2D eigenvalue weighted by molar-refractivity contribution is 8.76. The molecule has 3 atom stereocenters. The number of aromatic nitrogens is 5. The lowest BCUT2D eigenvalue weighted by Crippen LogP contribution is -2.53. The van der Waals surface area contributed by atoms with Gasteiger partial charge in [-0.25, -0.2) is 14.8 Å². The molecule has 5 aromatic rings. The van der Waals surface area contributed by atoms with Crippen LogP contribution < -0.4 is 25.8 Å². The second-order valence-electron chi connectivity index (χ2n) is 20.3. The van der Waals surface area contributed by atoms with E-state index in [9.17, 15) is 24.0 Å². The van der Waals surface area contributed by atoms with Crippen LogP contribution in [0.5, 0.6) is 0 Å². The third kappa shape index (κ3) is 13.9. The first-order chi connectivity index (χ1) is 36.6. The molecular weight excluding hydrogens is 1020 g/mol. The number of hydrogen-bond donors (Lipinski definition) is 3. The molecule has 3 N–H and O–H groups in total. The van der Waals surface area contributed by atoms with E-state index >= 15 is 0 Å². The number of aryl methyl sites for hydroxylation is 1. The van der Waals surface area contributed by atoms with Gasteiger partial charge in [0, 0.05) is 73.0 Å². The normalized spacial score (nSPS) is 16.9. The summed E-state index contributed by atoms with van der Waals surface area (Å²) in [6, 6.07) is 19.0. The standard InChI is InChI=1S/C55H69N11O7S3/c1-8-65(54(71)73-31-38-16-18-41(19-17-38)59-51(68)37(5)58-52(69)50(35(2)3)61-48(67)14-12-22-75-76-49-15-9-10-20-56-49)45-25-40(55(32-72-33-55)27-47-62-57-34-63(47)6)26-46(60-45)66-30-43-42(53(66)70)23-39(24-44(43)74-7)29-64-21-11-13-36(4)28-64/h9-10,15-20,23-26,34-37,50H,8,11-14,21-22,27-33H2,1-7H3,(H,58,69)(H,59,68)(H,61,67)/t36-,37-,50-/m0/s1. The summed E-state index contributed by atoms with van der Waals surface area (Å²) in [6.07, 6.45) is 8.64. The SMILES string of the molecule is CCN(C(=O)OCc1ccc(NC(=O)[C@H](C)NC(=O)[C@@H](NC(=O)CCCSSc2ccccn2)C(C)C)cc1)c1cc(C2(Cc3nncn3C)COC2)cc(N2Cc3c(SC)cc(CN4CCC[C@H](C)C4)cc3C2=O)n1. The monoisotopic (exact) mass is 1090 g/mol. The topological polar surface area (TPSA) is 206 Å². The third-order valence-electron chi connectivity index (χ3n) is 14.0. The van der Waals surface area contributed by atoms with Gasteiger partial charge in [-0.1, -0.05) is 49.8 Å². The minimum absolute atomic E-state index is 0.0756. The largest absolute Gasteiger partial charge is 0.444 e. The lowest BCUT2D eigenvalue weighted by atomic mass is 9.75. The average molecular weight is 1090 g/mol. The van der Waals surface area contributed by atoms with Gasteiger partial charge in [0.2, 0.25) is 17.7 Å². The fourth-order valence-corrected chi connectivity index (χ4v) is 12.3. The molecule has 6 heterocycles. The second kappa shape index (κ2) is 25.9. The molecule has 404 valence electrons. The molecular formula is C55H69N11O7S3. The number of benzene rings is 2. The van der Waals surface area contributed by atoms with Crippen LogP contribution in [0, 0.1) is 11.8 Å². The van der Waals surface area contributed by atoms with Crippen LogP contribution in [0.15, 0.2) is 89.2 Å². The summed E-state index contributed by atoms with van der Waals surface area (Å²) in [5.41, 5.74) is 4.23. The van der Waals surface area contributed by atoms with Gasteiger partial charge < -0.3 is 30.0 Å². The maximum absolute atomic E-state index is 14.6. The number of hydrogen-bond acceptors (Lipinski definition) is 15. The van der Waals surface area contributed by atoms with Crippen LogP contribution in [0.2, 0.25) is 0 Å². The van der Waals surface area contributed by atoms with Gasteiger partial charge >= 0.3 is 6.09 Å². The number of carbonyl (C=O) groups is 5. The van der Waals surface area contributed by atoms with Gasteiger partial charge in [0.1, 0.15) is 47.5 Å². The molecule has 2 aromatic carbocycles. The maximum atomic E-state index is 14.6. The van der Waals surface area contributed by atoms with Crippen molar-refractivity contribution in [3.63, 3.8) is 0 Å². The van der Waals surface area contributed by atoms with Crippen LogP contribution in [0.4, 0.5) is 22.1 Å². The number of amides is 5. The van der Waals surface area contributed by atoms with E-state index in [1.165, 1.54) is 17.7 Å². The average Bonchev–Trinajstić information content (AvgIpc) is 3.97. The van der Waals surface area contributed by atoms with Crippen molar-refractivity contribution in [2.45, 2.75) is 114 Å². The quantitative estimate of drug-likeness (QED) is 0.0320. The maximum Gasteiger partial charge on any atom is 0.415 e. The highest BCUT2D eigenvalue weighted by Gasteiger charge is 2.44. The van der Waals surface area contributed by atoms with Crippen molar-refractivity contribution in [3.8, 4) is 0 Å². The van der Waals surface area contributed by atoms with Crippen molar-refractivity contribution in [1.29, 1.82) is 0 Å². The Morgan fingerprint density at radius 3 is 2.47 bits per heavy atom. The third-order valence-corrected chi connectivity index (χ3v) is 17.2. The number of fused-ring (bicyclic) bond motifs is 1. The minimum atomic E-state index is -0.907. The molecule has 76 heavy (non-hydrogen) atoms. The van der Waals surface area contributed by atoms with Crippen molar-refractivity contribution < 1.29 is 33.4 Å². The molecule has 8 rings (SSSR count). The van der Waals surface area contributed by atoms with Gasteiger partial charge in [-0.3, -0.25) is 33.9 Å². The van der Waals surface area contributed by atoms with E-state index < -0.39 is 35.4 Å². The lowest BCUT2D eigenvalue weighted by molar-refractivity contribution is -0.131. The summed E-state index contributed by atoms with van der Waals surface area (Å²) >= 11 is 1.64. The smallest absolute Gasteiger partial charge is 0.415 e. The molecule has 3 aromatic heterocycles.